The van der Waals surface area contributed by atoms with E-state index in [0.717, 1.165) is 6.07 Å². The number of hydrogen-bond acceptors (Lipinski definition) is 4. The molecule has 0 aliphatic carbocycles. The maximum atomic E-state index is 14.2. The van der Waals surface area contributed by atoms with Crippen molar-refractivity contribution in [2.45, 2.75) is 0 Å². The summed E-state index contributed by atoms with van der Waals surface area (Å²) in [6, 6.07) is 1.93. The van der Waals surface area contributed by atoms with Crippen LogP contribution in [0.1, 0.15) is 10.4 Å². The summed E-state index contributed by atoms with van der Waals surface area (Å²) in [5.41, 5.74) is 1.00. The second kappa shape index (κ2) is 4.82. The molecule has 0 saturated heterocycles. The first kappa shape index (κ1) is 14.2. The number of aromatic carboxylic acids is 1. The molecule has 2 N–H and O–H groups in total. The zero-order valence-electron chi connectivity index (χ0n) is 12.2. The van der Waals surface area contributed by atoms with Crippen molar-refractivity contribution in [3.8, 4) is 11.4 Å². The molecule has 1 aromatic carbocycles. The molecule has 0 radical (unpaired) electrons. The van der Waals surface area contributed by atoms with Gasteiger partial charge < -0.3 is 10.1 Å². The summed E-state index contributed by atoms with van der Waals surface area (Å²) in [5.74, 6) is -2.65. The Morgan fingerprint density at radius 1 is 1.33 bits per heavy atom. The molecule has 7 nitrogen and oxygen atoms in total. The smallest absolute Gasteiger partial charge is 0.339 e. The number of benzene rings is 1. The molecule has 3 heterocycles. The SMILES string of the molecule is Cn1nc(-c2cnc3[nH]cc(C(=O)O)c3n2)c2c(F)cc(F)cc21. The lowest BCUT2D eigenvalue weighted by Crippen LogP contribution is -1.97. The van der Waals surface area contributed by atoms with Gasteiger partial charge in [-0.2, -0.15) is 5.10 Å². The molecule has 120 valence electrons. The molecule has 0 fully saturated rings. The number of carboxylic acids is 1. The second-order valence-electron chi connectivity index (χ2n) is 5.21. The van der Waals surface area contributed by atoms with Gasteiger partial charge in [-0.15, -0.1) is 0 Å². The lowest BCUT2D eigenvalue weighted by atomic mass is 10.1. The highest BCUT2D eigenvalue weighted by molar-refractivity contribution is 6.01. The molecule has 0 saturated carbocycles. The van der Waals surface area contributed by atoms with Crippen LogP contribution in [0.15, 0.2) is 24.5 Å². The van der Waals surface area contributed by atoms with Crippen LogP contribution in [0.2, 0.25) is 0 Å². The van der Waals surface area contributed by atoms with E-state index in [1.54, 1.807) is 7.05 Å². The van der Waals surface area contributed by atoms with Crippen LogP contribution in [0.4, 0.5) is 8.78 Å². The zero-order chi connectivity index (χ0) is 17.0. The fourth-order valence-corrected chi connectivity index (χ4v) is 2.65. The Morgan fingerprint density at radius 2 is 2.12 bits per heavy atom. The van der Waals surface area contributed by atoms with E-state index >= 15 is 0 Å². The van der Waals surface area contributed by atoms with Crippen molar-refractivity contribution in [3.05, 3.63) is 41.7 Å². The van der Waals surface area contributed by atoms with Crippen molar-refractivity contribution < 1.29 is 18.7 Å². The van der Waals surface area contributed by atoms with Gasteiger partial charge in [-0.3, -0.25) is 4.68 Å². The van der Waals surface area contributed by atoms with Gasteiger partial charge in [0.25, 0.3) is 0 Å². The number of rotatable bonds is 2. The number of aromatic nitrogens is 5. The predicted molar refractivity (Wildman–Crippen MR) is 80.5 cm³/mol. The predicted octanol–water partition coefficient (Wildman–Crippen LogP) is 2.49. The van der Waals surface area contributed by atoms with E-state index in [1.165, 1.54) is 23.1 Å². The average Bonchev–Trinajstić information content (AvgIpc) is 3.08. The number of nitrogens with zero attached hydrogens (tertiary/aromatic N) is 4. The van der Waals surface area contributed by atoms with E-state index in [-0.39, 0.29) is 33.4 Å². The third-order valence-electron chi connectivity index (χ3n) is 3.72. The molecule has 0 aliphatic heterocycles. The summed E-state index contributed by atoms with van der Waals surface area (Å²) in [5, 5.41) is 13.4. The molecule has 0 unspecified atom stereocenters. The van der Waals surface area contributed by atoms with Crippen molar-refractivity contribution in [2.75, 3.05) is 0 Å². The van der Waals surface area contributed by atoms with E-state index in [1.807, 2.05) is 0 Å². The molecule has 0 aliphatic rings. The standard InChI is InChI=1S/C15H9F2N5O2/c1-22-10-3-6(16)2-8(17)11(10)13(21-22)9-5-19-14-12(20-9)7(4-18-14)15(23)24/h2-5H,1H3,(H,18,19)(H,23,24). The molecular formula is C15H9F2N5O2. The highest BCUT2D eigenvalue weighted by atomic mass is 19.1. The first-order valence-corrected chi connectivity index (χ1v) is 6.85. The van der Waals surface area contributed by atoms with Crippen LogP contribution in [0.25, 0.3) is 33.5 Å². The van der Waals surface area contributed by atoms with Crippen LogP contribution in [0.3, 0.4) is 0 Å². The van der Waals surface area contributed by atoms with Crippen LogP contribution in [0, 0.1) is 11.6 Å². The highest BCUT2D eigenvalue weighted by Crippen LogP contribution is 2.30. The topological polar surface area (TPSA) is 96.7 Å². The van der Waals surface area contributed by atoms with E-state index in [2.05, 4.69) is 20.1 Å². The number of aromatic amines is 1. The monoisotopic (exact) mass is 329 g/mol. The molecule has 4 aromatic rings. The second-order valence-corrected chi connectivity index (χ2v) is 5.21. The highest BCUT2D eigenvalue weighted by Gasteiger charge is 2.20. The maximum absolute atomic E-state index is 14.2. The Kier molecular flexibility index (Phi) is 2.86. The van der Waals surface area contributed by atoms with Gasteiger partial charge in [0.1, 0.15) is 34.1 Å². The first-order chi connectivity index (χ1) is 11.5. The van der Waals surface area contributed by atoms with E-state index in [9.17, 15) is 18.7 Å². The fraction of sp³-hybridized carbons (Fsp3) is 0.0667. The minimum Gasteiger partial charge on any atom is -0.478 e. The lowest BCUT2D eigenvalue weighted by Gasteiger charge is -1.99. The van der Waals surface area contributed by atoms with Crippen molar-refractivity contribution in [1.29, 1.82) is 0 Å². The average molecular weight is 329 g/mol. The quantitative estimate of drug-likeness (QED) is 0.589. The van der Waals surface area contributed by atoms with Crippen LogP contribution < -0.4 is 0 Å². The largest absolute Gasteiger partial charge is 0.478 e. The number of nitrogens with one attached hydrogen (secondary N) is 1. The van der Waals surface area contributed by atoms with Gasteiger partial charge in [0.15, 0.2) is 5.65 Å². The zero-order valence-corrected chi connectivity index (χ0v) is 12.2. The third kappa shape index (κ3) is 1.94. The number of H-pyrrole nitrogens is 1. The molecule has 24 heavy (non-hydrogen) atoms. The van der Waals surface area contributed by atoms with Crippen LogP contribution in [-0.2, 0) is 7.05 Å². The number of carbonyl (C=O) groups is 1. The minimum atomic E-state index is -1.16. The first-order valence-electron chi connectivity index (χ1n) is 6.85. The van der Waals surface area contributed by atoms with Gasteiger partial charge in [-0.1, -0.05) is 0 Å². The summed E-state index contributed by atoms with van der Waals surface area (Å²) in [7, 11) is 1.55. The molecule has 0 atom stereocenters. The number of aryl methyl sites for hydroxylation is 1. The van der Waals surface area contributed by atoms with E-state index in [0.29, 0.717) is 5.65 Å². The van der Waals surface area contributed by atoms with Gasteiger partial charge in [0, 0.05) is 19.3 Å². The maximum Gasteiger partial charge on any atom is 0.339 e. The molecule has 3 aromatic heterocycles. The summed E-state index contributed by atoms with van der Waals surface area (Å²) in [6.45, 7) is 0. The summed E-state index contributed by atoms with van der Waals surface area (Å²) in [4.78, 5) is 22.3. The van der Waals surface area contributed by atoms with Gasteiger partial charge in [0.2, 0.25) is 0 Å². The van der Waals surface area contributed by atoms with Crippen LogP contribution in [0.5, 0.6) is 0 Å². The minimum absolute atomic E-state index is 0.0499. The number of carboxylic acid groups (broad SMARTS) is 1. The molecule has 0 spiro atoms. The van der Waals surface area contributed by atoms with E-state index in [4.69, 9.17) is 0 Å². The lowest BCUT2D eigenvalue weighted by molar-refractivity contribution is 0.0699. The van der Waals surface area contributed by atoms with Gasteiger partial charge in [-0.05, 0) is 6.07 Å². The summed E-state index contributed by atoms with van der Waals surface area (Å²) in [6.07, 6.45) is 2.64. The normalized spacial score (nSPS) is 11.5. The Labute approximate surface area is 132 Å². The van der Waals surface area contributed by atoms with Crippen molar-refractivity contribution in [3.63, 3.8) is 0 Å². The molecular weight excluding hydrogens is 320 g/mol. The molecule has 0 amide bonds. The van der Waals surface area contributed by atoms with E-state index < -0.39 is 17.6 Å². The van der Waals surface area contributed by atoms with Gasteiger partial charge in [0.05, 0.1) is 17.1 Å². The van der Waals surface area contributed by atoms with Crippen LogP contribution in [-0.4, -0.2) is 35.8 Å². The molecule has 9 heteroatoms. The Morgan fingerprint density at radius 3 is 2.88 bits per heavy atom. The van der Waals surface area contributed by atoms with Crippen molar-refractivity contribution in [2.24, 2.45) is 7.05 Å². The Hall–Kier alpha value is -3.36. The Bertz CT molecular complexity index is 1130. The number of fused-ring (bicyclic) bond motifs is 2. The van der Waals surface area contributed by atoms with Crippen molar-refractivity contribution >= 4 is 28.0 Å². The summed E-state index contributed by atoms with van der Waals surface area (Å²) >= 11 is 0. The van der Waals surface area contributed by atoms with Gasteiger partial charge >= 0.3 is 5.97 Å². The number of hydrogen-bond donors (Lipinski definition) is 2. The van der Waals surface area contributed by atoms with Gasteiger partial charge in [-0.25, -0.2) is 23.5 Å². The molecule has 4 rings (SSSR count). The summed E-state index contributed by atoms with van der Waals surface area (Å²) < 4.78 is 29.0. The van der Waals surface area contributed by atoms with Crippen LogP contribution >= 0.6 is 0 Å². The molecule has 0 bridgehead atoms. The number of halogens is 2. The Balaban J connectivity index is 2.03. The van der Waals surface area contributed by atoms with Crippen molar-refractivity contribution in [1.82, 2.24) is 24.7 Å². The third-order valence-corrected chi connectivity index (χ3v) is 3.72. The fourth-order valence-electron chi connectivity index (χ4n) is 2.65.